The normalized spacial score (nSPS) is 10.6. The summed E-state index contributed by atoms with van der Waals surface area (Å²) in [5.41, 5.74) is 3.05. The van der Waals surface area contributed by atoms with Gasteiger partial charge in [0.1, 0.15) is 0 Å². The third-order valence-electron chi connectivity index (χ3n) is 3.26. The molecule has 3 nitrogen and oxygen atoms in total. The van der Waals surface area contributed by atoms with Gasteiger partial charge in [-0.2, -0.15) is 0 Å². The molecule has 0 saturated heterocycles. The average molecular weight is 288 g/mol. The number of benzene rings is 1. The van der Waals surface area contributed by atoms with Crippen LogP contribution < -0.4 is 5.32 Å². The lowest BCUT2D eigenvalue weighted by Gasteiger charge is -2.05. The highest BCUT2D eigenvalue weighted by Gasteiger charge is 2.07. The summed E-state index contributed by atoms with van der Waals surface area (Å²) in [6.45, 7) is 6.78. The zero-order valence-corrected chi connectivity index (χ0v) is 13.0. The molecule has 0 bridgehead atoms. The topological polar surface area (TPSA) is 42.0 Å². The first-order valence-electron chi connectivity index (χ1n) is 6.90. The summed E-state index contributed by atoms with van der Waals surface area (Å²) in [5, 5.41) is 4.04. The molecular weight excluding hydrogens is 268 g/mol. The van der Waals surface area contributed by atoms with Gasteiger partial charge in [-0.3, -0.25) is 4.79 Å². The van der Waals surface area contributed by atoms with Gasteiger partial charge in [-0.1, -0.05) is 19.1 Å². The van der Waals surface area contributed by atoms with Crippen molar-refractivity contribution in [1.82, 2.24) is 10.3 Å². The fourth-order valence-corrected chi connectivity index (χ4v) is 3.03. The van der Waals surface area contributed by atoms with Gasteiger partial charge in [-0.25, -0.2) is 4.98 Å². The van der Waals surface area contributed by atoms with Crippen LogP contribution in [0.4, 0.5) is 0 Å². The second-order valence-corrected chi connectivity index (χ2v) is 6.09. The van der Waals surface area contributed by atoms with E-state index in [0.717, 1.165) is 29.1 Å². The van der Waals surface area contributed by atoms with Gasteiger partial charge in [0.05, 0.1) is 10.7 Å². The zero-order chi connectivity index (χ0) is 14.5. The number of carbonyl (C=O) groups excluding carboxylic acids is 1. The standard InChI is InChI=1S/C16H20N2OS/c1-4-13-5-7-14(8-6-13)16(19)17-10-9-15-11(2)18-12(3)20-15/h5-8H,4,9-10H2,1-3H3,(H,17,19). The molecule has 2 rings (SSSR count). The number of carbonyl (C=O) groups is 1. The van der Waals surface area contributed by atoms with Crippen molar-refractivity contribution in [1.29, 1.82) is 0 Å². The van der Waals surface area contributed by atoms with Gasteiger partial charge in [0.25, 0.3) is 5.91 Å². The fraction of sp³-hybridized carbons (Fsp3) is 0.375. The Bertz CT molecular complexity index is 587. The molecule has 0 aliphatic rings. The molecule has 1 aromatic heterocycles. The monoisotopic (exact) mass is 288 g/mol. The van der Waals surface area contributed by atoms with E-state index in [9.17, 15) is 4.79 Å². The summed E-state index contributed by atoms with van der Waals surface area (Å²) >= 11 is 1.70. The fourth-order valence-electron chi connectivity index (χ4n) is 2.09. The number of nitrogens with one attached hydrogen (secondary N) is 1. The number of rotatable bonds is 5. The Morgan fingerprint density at radius 3 is 2.50 bits per heavy atom. The van der Waals surface area contributed by atoms with Gasteiger partial charge < -0.3 is 5.32 Å². The predicted octanol–water partition coefficient (Wildman–Crippen LogP) is 3.29. The Morgan fingerprint density at radius 1 is 1.25 bits per heavy atom. The van der Waals surface area contributed by atoms with Crippen molar-refractivity contribution in [2.45, 2.75) is 33.6 Å². The maximum atomic E-state index is 12.0. The minimum Gasteiger partial charge on any atom is -0.352 e. The number of thiazole rings is 1. The summed E-state index contributed by atoms with van der Waals surface area (Å²) < 4.78 is 0. The SMILES string of the molecule is CCc1ccc(C(=O)NCCc2sc(C)nc2C)cc1. The van der Waals surface area contributed by atoms with Crippen LogP contribution in [0.2, 0.25) is 0 Å². The molecule has 0 spiro atoms. The minimum absolute atomic E-state index is 0.00783. The second-order valence-electron chi connectivity index (χ2n) is 4.80. The minimum atomic E-state index is -0.00783. The summed E-state index contributed by atoms with van der Waals surface area (Å²) in [6, 6.07) is 7.78. The lowest BCUT2D eigenvalue weighted by atomic mass is 10.1. The molecule has 0 aliphatic heterocycles. The second kappa shape index (κ2) is 6.66. The maximum absolute atomic E-state index is 12.0. The molecular formula is C16H20N2OS. The molecule has 0 radical (unpaired) electrons. The summed E-state index contributed by atoms with van der Waals surface area (Å²) in [7, 11) is 0. The molecule has 2 aromatic rings. The average Bonchev–Trinajstić information content (AvgIpc) is 2.77. The zero-order valence-electron chi connectivity index (χ0n) is 12.2. The highest BCUT2D eigenvalue weighted by molar-refractivity contribution is 7.11. The highest BCUT2D eigenvalue weighted by Crippen LogP contribution is 2.17. The van der Waals surface area contributed by atoms with Crippen LogP contribution in [0.3, 0.4) is 0 Å². The van der Waals surface area contributed by atoms with E-state index in [1.807, 2.05) is 38.1 Å². The third-order valence-corrected chi connectivity index (χ3v) is 4.39. The molecule has 0 fully saturated rings. The molecule has 4 heteroatoms. The molecule has 0 unspecified atom stereocenters. The molecule has 1 N–H and O–H groups in total. The van der Waals surface area contributed by atoms with Crippen molar-refractivity contribution >= 4 is 17.2 Å². The quantitative estimate of drug-likeness (QED) is 0.917. The number of nitrogens with zero attached hydrogens (tertiary/aromatic N) is 1. The maximum Gasteiger partial charge on any atom is 0.251 e. The van der Waals surface area contributed by atoms with Crippen molar-refractivity contribution in [2.75, 3.05) is 6.54 Å². The van der Waals surface area contributed by atoms with E-state index in [1.54, 1.807) is 11.3 Å². The number of aryl methyl sites for hydroxylation is 3. The van der Waals surface area contributed by atoms with Gasteiger partial charge in [0.2, 0.25) is 0 Å². The van der Waals surface area contributed by atoms with Crippen LogP contribution in [0.1, 0.15) is 38.4 Å². The van der Waals surface area contributed by atoms with Crippen LogP contribution in [0.5, 0.6) is 0 Å². The van der Waals surface area contributed by atoms with Crippen molar-refractivity contribution in [2.24, 2.45) is 0 Å². The highest BCUT2D eigenvalue weighted by atomic mass is 32.1. The van der Waals surface area contributed by atoms with E-state index in [0.29, 0.717) is 6.54 Å². The molecule has 1 amide bonds. The largest absolute Gasteiger partial charge is 0.352 e. The molecule has 0 aliphatic carbocycles. The molecule has 20 heavy (non-hydrogen) atoms. The number of aromatic nitrogens is 1. The smallest absolute Gasteiger partial charge is 0.251 e. The first-order chi connectivity index (χ1) is 9.60. The molecule has 106 valence electrons. The van der Waals surface area contributed by atoms with Crippen molar-refractivity contribution < 1.29 is 4.79 Å². The predicted molar refractivity (Wildman–Crippen MR) is 83.4 cm³/mol. The lowest BCUT2D eigenvalue weighted by Crippen LogP contribution is -2.25. The first kappa shape index (κ1) is 14.7. The van der Waals surface area contributed by atoms with Gasteiger partial charge in [0, 0.05) is 23.4 Å². The van der Waals surface area contributed by atoms with Gasteiger partial charge in [-0.05, 0) is 38.0 Å². The van der Waals surface area contributed by atoms with Crippen molar-refractivity contribution in [3.63, 3.8) is 0 Å². The Hall–Kier alpha value is -1.68. The Labute approximate surface area is 124 Å². The van der Waals surface area contributed by atoms with E-state index < -0.39 is 0 Å². The molecule has 0 atom stereocenters. The van der Waals surface area contributed by atoms with Crippen LogP contribution in [-0.4, -0.2) is 17.4 Å². The van der Waals surface area contributed by atoms with Crippen molar-refractivity contribution in [3.05, 3.63) is 51.0 Å². The van der Waals surface area contributed by atoms with E-state index in [1.165, 1.54) is 10.4 Å². The van der Waals surface area contributed by atoms with Gasteiger partial charge >= 0.3 is 0 Å². The van der Waals surface area contributed by atoms with E-state index >= 15 is 0 Å². The lowest BCUT2D eigenvalue weighted by molar-refractivity contribution is 0.0954. The van der Waals surface area contributed by atoms with E-state index in [-0.39, 0.29) is 5.91 Å². The Kier molecular flexibility index (Phi) is 4.90. The van der Waals surface area contributed by atoms with Crippen LogP contribution in [-0.2, 0) is 12.8 Å². The van der Waals surface area contributed by atoms with Gasteiger partial charge in [0.15, 0.2) is 0 Å². The summed E-state index contributed by atoms with van der Waals surface area (Å²) in [4.78, 5) is 17.6. The van der Waals surface area contributed by atoms with E-state index in [4.69, 9.17) is 0 Å². The molecule has 1 heterocycles. The van der Waals surface area contributed by atoms with E-state index in [2.05, 4.69) is 17.2 Å². The summed E-state index contributed by atoms with van der Waals surface area (Å²) in [6.07, 6.45) is 1.84. The number of amides is 1. The summed E-state index contributed by atoms with van der Waals surface area (Å²) in [5.74, 6) is -0.00783. The van der Waals surface area contributed by atoms with Crippen LogP contribution in [0.25, 0.3) is 0 Å². The van der Waals surface area contributed by atoms with Crippen LogP contribution >= 0.6 is 11.3 Å². The van der Waals surface area contributed by atoms with Gasteiger partial charge in [-0.15, -0.1) is 11.3 Å². The van der Waals surface area contributed by atoms with Crippen LogP contribution in [0.15, 0.2) is 24.3 Å². The third kappa shape index (κ3) is 3.67. The number of hydrogen-bond acceptors (Lipinski definition) is 3. The Balaban J connectivity index is 1.87. The molecule has 0 saturated carbocycles. The molecule has 1 aromatic carbocycles. The van der Waals surface area contributed by atoms with Crippen molar-refractivity contribution in [3.8, 4) is 0 Å². The first-order valence-corrected chi connectivity index (χ1v) is 7.72. The van der Waals surface area contributed by atoms with Crippen LogP contribution in [0, 0.1) is 13.8 Å². The Morgan fingerprint density at radius 2 is 1.95 bits per heavy atom. The number of hydrogen-bond donors (Lipinski definition) is 1.